The Morgan fingerprint density at radius 2 is 2.10 bits per heavy atom. The van der Waals surface area contributed by atoms with E-state index in [2.05, 4.69) is 15.9 Å². The van der Waals surface area contributed by atoms with E-state index in [1.807, 2.05) is 6.26 Å². The molecule has 0 heterocycles. The van der Waals surface area contributed by atoms with Gasteiger partial charge in [-0.2, -0.15) is 16.1 Å². The maximum atomic E-state index is 14.2. The zero-order chi connectivity index (χ0) is 15.5. The molecule has 8 heteroatoms. The monoisotopic (exact) mass is 403 g/mol. The van der Waals surface area contributed by atoms with Crippen molar-refractivity contribution < 1.29 is 12.8 Å². The van der Waals surface area contributed by atoms with Crippen LogP contribution in [0.25, 0.3) is 0 Å². The van der Waals surface area contributed by atoms with E-state index in [-0.39, 0.29) is 22.4 Å². The smallest absolute Gasteiger partial charge is 0.207 e. The summed E-state index contributed by atoms with van der Waals surface area (Å²) in [4.78, 5) is -0.349. The lowest BCUT2D eigenvalue weighted by Gasteiger charge is -2.24. The molecule has 0 amide bonds. The number of nitrogens with zero attached hydrogens (tertiary/aromatic N) is 1. The van der Waals surface area contributed by atoms with Gasteiger partial charge < -0.3 is 0 Å². The molecule has 0 radical (unpaired) electrons. The SMILES string of the molecule is CSCC(C)N(C)S(=O)(=O)c1cc(Br)cc(CCl)c1F. The van der Waals surface area contributed by atoms with Crippen LogP contribution in [0.15, 0.2) is 21.5 Å². The van der Waals surface area contributed by atoms with E-state index in [9.17, 15) is 12.8 Å². The predicted molar refractivity (Wildman–Crippen MR) is 86.4 cm³/mol. The van der Waals surface area contributed by atoms with Crippen molar-refractivity contribution in [1.82, 2.24) is 4.31 Å². The molecule has 0 bridgehead atoms. The fourth-order valence-corrected chi connectivity index (χ4v) is 4.79. The van der Waals surface area contributed by atoms with Crippen molar-refractivity contribution in [3.63, 3.8) is 0 Å². The van der Waals surface area contributed by atoms with Gasteiger partial charge in [-0.05, 0) is 25.3 Å². The Morgan fingerprint density at radius 1 is 1.50 bits per heavy atom. The van der Waals surface area contributed by atoms with Gasteiger partial charge in [-0.15, -0.1) is 11.6 Å². The molecule has 0 N–H and O–H groups in total. The normalized spacial score (nSPS) is 13.8. The van der Waals surface area contributed by atoms with Crippen molar-refractivity contribution in [2.75, 3.05) is 19.1 Å². The summed E-state index contributed by atoms with van der Waals surface area (Å²) in [6, 6.07) is 2.52. The fourth-order valence-electron chi connectivity index (χ4n) is 1.64. The van der Waals surface area contributed by atoms with Gasteiger partial charge in [0.1, 0.15) is 10.7 Å². The number of thioether (sulfide) groups is 1. The van der Waals surface area contributed by atoms with Crippen LogP contribution >= 0.6 is 39.3 Å². The zero-order valence-electron chi connectivity index (χ0n) is 11.4. The lowest BCUT2D eigenvalue weighted by atomic mass is 10.2. The second kappa shape index (κ2) is 7.45. The van der Waals surface area contributed by atoms with Gasteiger partial charge in [0.15, 0.2) is 0 Å². The Bertz CT molecular complexity index is 583. The minimum absolute atomic E-state index is 0.0854. The van der Waals surface area contributed by atoms with E-state index >= 15 is 0 Å². The van der Waals surface area contributed by atoms with Gasteiger partial charge in [0, 0.05) is 28.9 Å². The molecule has 0 aliphatic heterocycles. The summed E-state index contributed by atoms with van der Waals surface area (Å²) >= 11 is 10.4. The van der Waals surface area contributed by atoms with Crippen LogP contribution < -0.4 is 0 Å². The summed E-state index contributed by atoms with van der Waals surface area (Å²) < 4.78 is 40.9. The highest BCUT2D eigenvalue weighted by molar-refractivity contribution is 9.10. The van der Waals surface area contributed by atoms with Crippen LogP contribution in [0.4, 0.5) is 4.39 Å². The minimum Gasteiger partial charge on any atom is -0.207 e. The molecule has 114 valence electrons. The number of hydrogen-bond acceptors (Lipinski definition) is 3. The van der Waals surface area contributed by atoms with Crippen LogP contribution in [0.5, 0.6) is 0 Å². The van der Waals surface area contributed by atoms with Gasteiger partial charge in [-0.25, -0.2) is 12.8 Å². The number of sulfonamides is 1. The Labute approximate surface area is 137 Å². The number of rotatable bonds is 6. The van der Waals surface area contributed by atoms with Gasteiger partial charge >= 0.3 is 0 Å². The molecule has 0 saturated carbocycles. The third kappa shape index (κ3) is 3.88. The minimum atomic E-state index is -3.89. The van der Waals surface area contributed by atoms with Crippen LogP contribution in [0.3, 0.4) is 0 Å². The van der Waals surface area contributed by atoms with E-state index in [1.54, 1.807) is 6.92 Å². The molecule has 0 aliphatic rings. The topological polar surface area (TPSA) is 37.4 Å². The van der Waals surface area contributed by atoms with Crippen LogP contribution in [0, 0.1) is 5.82 Å². The van der Waals surface area contributed by atoms with E-state index in [0.29, 0.717) is 10.2 Å². The second-order valence-electron chi connectivity index (χ2n) is 4.34. The number of alkyl halides is 1. The van der Waals surface area contributed by atoms with Crippen molar-refractivity contribution in [2.24, 2.45) is 0 Å². The number of benzene rings is 1. The van der Waals surface area contributed by atoms with Crippen molar-refractivity contribution >= 4 is 49.3 Å². The lowest BCUT2D eigenvalue weighted by molar-refractivity contribution is 0.411. The second-order valence-corrected chi connectivity index (χ2v) is 8.40. The van der Waals surface area contributed by atoms with Crippen LogP contribution in [-0.4, -0.2) is 37.8 Å². The zero-order valence-corrected chi connectivity index (χ0v) is 15.3. The van der Waals surface area contributed by atoms with Gasteiger partial charge in [-0.1, -0.05) is 15.9 Å². The third-order valence-corrected chi connectivity index (χ3v) is 6.44. The largest absolute Gasteiger partial charge is 0.246 e. The fraction of sp³-hybridized carbons (Fsp3) is 0.500. The molecule has 1 atom stereocenters. The Morgan fingerprint density at radius 3 is 2.60 bits per heavy atom. The Kier molecular flexibility index (Phi) is 6.79. The first kappa shape index (κ1) is 18.2. The first-order chi connectivity index (χ1) is 9.25. The molecule has 1 rings (SSSR count). The van der Waals surface area contributed by atoms with Crippen LogP contribution in [-0.2, 0) is 15.9 Å². The first-order valence-corrected chi connectivity index (χ1v) is 9.92. The van der Waals surface area contributed by atoms with Gasteiger partial charge in [-0.3, -0.25) is 0 Å². The quantitative estimate of drug-likeness (QED) is 0.678. The van der Waals surface area contributed by atoms with Gasteiger partial charge in [0.05, 0.1) is 5.88 Å². The maximum absolute atomic E-state index is 14.2. The molecule has 0 aliphatic carbocycles. The average Bonchev–Trinajstić information content (AvgIpc) is 2.40. The van der Waals surface area contributed by atoms with Crippen molar-refractivity contribution in [1.29, 1.82) is 0 Å². The highest BCUT2D eigenvalue weighted by atomic mass is 79.9. The molecule has 3 nitrogen and oxygen atoms in total. The van der Waals surface area contributed by atoms with Crippen molar-refractivity contribution in [3.8, 4) is 0 Å². The van der Waals surface area contributed by atoms with Crippen molar-refractivity contribution in [2.45, 2.75) is 23.7 Å². The van der Waals surface area contributed by atoms with E-state index in [0.717, 1.165) is 0 Å². The Balaban J connectivity index is 3.32. The Hall–Kier alpha value is 0.180. The van der Waals surface area contributed by atoms with Crippen molar-refractivity contribution in [3.05, 3.63) is 28.0 Å². The molecule has 0 aromatic heterocycles. The lowest BCUT2D eigenvalue weighted by Crippen LogP contribution is -2.37. The van der Waals surface area contributed by atoms with Crippen LogP contribution in [0.2, 0.25) is 0 Å². The number of hydrogen-bond donors (Lipinski definition) is 0. The van der Waals surface area contributed by atoms with Crippen LogP contribution in [0.1, 0.15) is 12.5 Å². The first-order valence-electron chi connectivity index (χ1n) is 5.76. The predicted octanol–water partition coefficient (Wildman–Crippen LogP) is 3.70. The highest BCUT2D eigenvalue weighted by Gasteiger charge is 2.29. The number of halogens is 3. The molecule has 1 unspecified atom stereocenters. The van der Waals surface area contributed by atoms with E-state index in [4.69, 9.17) is 11.6 Å². The van der Waals surface area contributed by atoms with Gasteiger partial charge in [0.2, 0.25) is 10.0 Å². The average molecular weight is 405 g/mol. The summed E-state index contributed by atoms with van der Waals surface area (Å²) in [7, 11) is -2.43. The molecule has 0 fully saturated rings. The summed E-state index contributed by atoms with van der Waals surface area (Å²) in [5.41, 5.74) is 0.158. The summed E-state index contributed by atoms with van der Waals surface area (Å²) in [6.45, 7) is 1.78. The molecule has 1 aromatic carbocycles. The summed E-state index contributed by atoms with van der Waals surface area (Å²) in [5, 5.41) is 0. The molecular weight excluding hydrogens is 389 g/mol. The third-order valence-electron chi connectivity index (χ3n) is 2.91. The van der Waals surface area contributed by atoms with E-state index in [1.165, 1.54) is 35.2 Å². The standard InChI is InChI=1S/C12H16BrClFNO2S2/c1-8(7-19-3)16(2)20(17,18)11-5-10(13)4-9(6-14)12(11)15/h4-5,8H,6-7H2,1-3H3. The molecular formula is C12H16BrClFNO2S2. The molecule has 0 spiro atoms. The summed E-state index contributed by atoms with van der Waals surface area (Å²) in [6.07, 6.45) is 1.89. The molecule has 0 saturated heterocycles. The molecule has 20 heavy (non-hydrogen) atoms. The molecule has 1 aromatic rings. The maximum Gasteiger partial charge on any atom is 0.246 e. The summed E-state index contributed by atoms with van der Waals surface area (Å²) in [5.74, 6) is -0.239. The highest BCUT2D eigenvalue weighted by Crippen LogP contribution is 2.28. The van der Waals surface area contributed by atoms with E-state index < -0.39 is 15.8 Å². The van der Waals surface area contributed by atoms with Gasteiger partial charge in [0.25, 0.3) is 0 Å².